The first kappa shape index (κ1) is 16.4. The molecule has 23 heavy (non-hydrogen) atoms. The van der Waals surface area contributed by atoms with Crippen molar-refractivity contribution < 1.29 is 9.53 Å². The fourth-order valence-corrected chi connectivity index (χ4v) is 3.86. The quantitative estimate of drug-likeness (QED) is 0.661. The Morgan fingerprint density at radius 3 is 2.96 bits per heavy atom. The van der Waals surface area contributed by atoms with Crippen LogP contribution in [0.4, 0.5) is 5.13 Å². The molecule has 7 heteroatoms. The molecule has 1 saturated carbocycles. The van der Waals surface area contributed by atoms with Crippen LogP contribution >= 0.6 is 11.3 Å². The zero-order chi connectivity index (χ0) is 15.9. The van der Waals surface area contributed by atoms with Crippen molar-refractivity contribution in [3.8, 4) is 0 Å². The van der Waals surface area contributed by atoms with Gasteiger partial charge in [0.05, 0.1) is 25.3 Å². The van der Waals surface area contributed by atoms with E-state index in [4.69, 9.17) is 4.74 Å². The molecule has 0 spiro atoms. The summed E-state index contributed by atoms with van der Waals surface area (Å²) in [5, 5.41) is 7.04. The monoisotopic (exact) mass is 336 g/mol. The van der Waals surface area contributed by atoms with Crippen LogP contribution in [-0.4, -0.2) is 43.4 Å². The van der Waals surface area contributed by atoms with E-state index in [1.54, 1.807) is 11.3 Å². The van der Waals surface area contributed by atoms with Crippen molar-refractivity contribution in [2.24, 2.45) is 11.0 Å². The number of amides is 1. The highest BCUT2D eigenvalue weighted by Gasteiger charge is 2.16. The van der Waals surface area contributed by atoms with Crippen molar-refractivity contribution in [1.29, 1.82) is 0 Å². The Morgan fingerprint density at radius 1 is 1.39 bits per heavy atom. The highest BCUT2D eigenvalue weighted by Crippen LogP contribution is 2.22. The number of carbonyl (C=O) groups excluding carboxylic acids is 1. The molecule has 1 aromatic heterocycles. The van der Waals surface area contributed by atoms with Crippen molar-refractivity contribution in [2.45, 2.75) is 38.5 Å². The minimum atomic E-state index is -0.101. The van der Waals surface area contributed by atoms with Crippen molar-refractivity contribution in [1.82, 2.24) is 10.4 Å². The summed E-state index contributed by atoms with van der Waals surface area (Å²) in [5.41, 5.74) is 3.44. The number of carbonyl (C=O) groups is 1. The van der Waals surface area contributed by atoms with Gasteiger partial charge in [0.25, 0.3) is 0 Å². The molecule has 2 fully saturated rings. The van der Waals surface area contributed by atoms with Gasteiger partial charge in [-0.3, -0.25) is 4.79 Å². The largest absolute Gasteiger partial charge is 0.378 e. The fraction of sp³-hybridized carbons (Fsp3) is 0.688. The standard InChI is InChI=1S/C16H24N4O2S/c21-15(19-17-11-13-4-2-1-3-5-13)10-14-12-23-16(18-14)20-6-8-22-9-7-20/h11-13H,1-10H2,(H,19,21)/b17-11-. The van der Waals surface area contributed by atoms with Crippen molar-refractivity contribution in [3.63, 3.8) is 0 Å². The number of aromatic nitrogens is 1. The first-order valence-electron chi connectivity index (χ1n) is 8.40. The molecule has 2 heterocycles. The Balaban J connectivity index is 1.44. The number of rotatable bonds is 5. The van der Waals surface area contributed by atoms with E-state index in [0.29, 0.717) is 5.92 Å². The average Bonchev–Trinajstić information content (AvgIpc) is 3.05. The molecule has 1 aliphatic carbocycles. The third-order valence-electron chi connectivity index (χ3n) is 4.29. The molecule has 0 radical (unpaired) electrons. The predicted molar refractivity (Wildman–Crippen MR) is 92.1 cm³/mol. The molecule has 1 N–H and O–H groups in total. The molecule has 1 aromatic rings. The van der Waals surface area contributed by atoms with E-state index < -0.39 is 0 Å². The van der Waals surface area contributed by atoms with Crippen LogP contribution in [0.3, 0.4) is 0 Å². The van der Waals surface area contributed by atoms with Gasteiger partial charge in [-0.15, -0.1) is 11.3 Å². The van der Waals surface area contributed by atoms with Gasteiger partial charge in [-0.25, -0.2) is 10.4 Å². The van der Waals surface area contributed by atoms with Gasteiger partial charge in [0.2, 0.25) is 5.91 Å². The number of anilines is 1. The third-order valence-corrected chi connectivity index (χ3v) is 5.24. The highest BCUT2D eigenvalue weighted by molar-refractivity contribution is 7.13. The number of morpholine rings is 1. The number of ether oxygens (including phenoxy) is 1. The van der Waals surface area contributed by atoms with Gasteiger partial charge in [0, 0.05) is 24.7 Å². The molecule has 0 bridgehead atoms. The van der Waals surface area contributed by atoms with Crippen molar-refractivity contribution in [3.05, 3.63) is 11.1 Å². The number of nitrogens with one attached hydrogen (secondary N) is 1. The molecule has 1 amide bonds. The summed E-state index contributed by atoms with van der Waals surface area (Å²) in [6.45, 7) is 3.21. The van der Waals surface area contributed by atoms with Gasteiger partial charge in [0.15, 0.2) is 5.13 Å². The van der Waals surface area contributed by atoms with Gasteiger partial charge >= 0.3 is 0 Å². The van der Waals surface area contributed by atoms with Crippen molar-refractivity contribution in [2.75, 3.05) is 31.2 Å². The Kier molecular flexibility index (Phi) is 5.99. The van der Waals surface area contributed by atoms with Crippen LogP contribution in [0.2, 0.25) is 0 Å². The molecule has 0 aromatic carbocycles. The molecule has 126 valence electrons. The van der Waals surface area contributed by atoms with Crippen LogP contribution in [-0.2, 0) is 16.0 Å². The maximum absolute atomic E-state index is 11.9. The molecule has 0 atom stereocenters. The predicted octanol–water partition coefficient (Wildman–Crippen LogP) is 2.20. The van der Waals surface area contributed by atoms with Gasteiger partial charge in [-0.05, 0) is 18.8 Å². The van der Waals surface area contributed by atoms with Crippen LogP contribution < -0.4 is 10.3 Å². The Bertz CT molecular complexity index is 534. The van der Waals surface area contributed by atoms with Crippen LogP contribution in [0, 0.1) is 5.92 Å². The second-order valence-corrected chi connectivity index (χ2v) is 6.95. The summed E-state index contributed by atoms with van der Waals surface area (Å²) >= 11 is 1.59. The van der Waals surface area contributed by atoms with Crippen LogP contribution in [0.5, 0.6) is 0 Å². The van der Waals surface area contributed by atoms with Crippen LogP contribution in [0.1, 0.15) is 37.8 Å². The van der Waals surface area contributed by atoms with E-state index in [0.717, 1.165) is 37.1 Å². The number of thiazole rings is 1. The average molecular weight is 336 g/mol. The fourth-order valence-electron chi connectivity index (χ4n) is 2.98. The van der Waals surface area contributed by atoms with Gasteiger partial charge < -0.3 is 9.64 Å². The Labute approximate surface area is 140 Å². The van der Waals surface area contributed by atoms with Crippen molar-refractivity contribution >= 4 is 28.6 Å². The topological polar surface area (TPSA) is 66.8 Å². The molecule has 2 aliphatic rings. The Morgan fingerprint density at radius 2 is 2.17 bits per heavy atom. The van der Waals surface area contributed by atoms with E-state index in [1.807, 2.05) is 11.6 Å². The third kappa shape index (κ3) is 5.00. The molecule has 6 nitrogen and oxygen atoms in total. The molecule has 1 saturated heterocycles. The minimum Gasteiger partial charge on any atom is -0.378 e. The second kappa shape index (κ2) is 8.40. The van der Waals surface area contributed by atoms with E-state index in [-0.39, 0.29) is 12.3 Å². The SMILES string of the molecule is O=C(Cc1csc(N2CCOCC2)n1)N/N=C\C1CCCCC1. The number of hydrazone groups is 1. The lowest BCUT2D eigenvalue weighted by Gasteiger charge is -2.26. The summed E-state index contributed by atoms with van der Waals surface area (Å²) < 4.78 is 5.34. The number of nitrogens with zero attached hydrogens (tertiary/aromatic N) is 3. The van der Waals surface area contributed by atoms with E-state index in [9.17, 15) is 4.79 Å². The van der Waals surface area contributed by atoms with Crippen LogP contribution in [0.15, 0.2) is 10.5 Å². The normalized spacial score (nSPS) is 20.1. The minimum absolute atomic E-state index is 0.101. The molecule has 1 aliphatic heterocycles. The zero-order valence-electron chi connectivity index (χ0n) is 13.4. The highest BCUT2D eigenvalue weighted by atomic mass is 32.1. The first-order chi connectivity index (χ1) is 11.3. The van der Waals surface area contributed by atoms with Gasteiger partial charge in [-0.1, -0.05) is 19.3 Å². The number of hydrogen-bond donors (Lipinski definition) is 1. The Hall–Kier alpha value is -1.47. The molecule has 0 unspecified atom stereocenters. The first-order valence-corrected chi connectivity index (χ1v) is 9.28. The summed E-state index contributed by atoms with van der Waals surface area (Å²) in [6.07, 6.45) is 8.43. The second-order valence-electron chi connectivity index (χ2n) is 6.11. The maximum atomic E-state index is 11.9. The van der Waals surface area contributed by atoms with E-state index in [2.05, 4.69) is 20.4 Å². The number of hydrogen-bond acceptors (Lipinski definition) is 6. The van der Waals surface area contributed by atoms with E-state index in [1.165, 1.54) is 32.1 Å². The molecular weight excluding hydrogens is 312 g/mol. The maximum Gasteiger partial charge on any atom is 0.246 e. The lowest BCUT2D eigenvalue weighted by molar-refractivity contribution is -0.120. The smallest absolute Gasteiger partial charge is 0.246 e. The molecule has 3 rings (SSSR count). The van der Waals surface area contributed by atoms with E-state index >= 15 is 0 Å². The van der Waals surface area contributed by atoms with Gasteiger partial charge in [-0.2, -0.15) is 5.10 Å². The summed E-state index contributed by atoms with van der Waals surface area (Å²) in [4.78, 5) is 18.7. The lowest BCUT2D eigenvalue weighted by atomic mass is 9.90. The molecular formula is C16H24N4O2S. The summed E-state index contributed by atoms with van der Waals surface area (Å²) in [7, 11) is 0. The summed E-state index contributed by atoms with van der Waals surface area (Å²) in [5.74, 6) is 0.423. The van der Waals surface area contributed by atoms with Gasteiger partial charge in [0.1, 0.15) is 0 Å². The van der Waals surface area contributed by atoms with Crippen LogP contribution in [0.25, 0.3) is 0 Å². The zero-order valence-corrected chi connectivity index (χ0v) is 14.2. The lowest BCUT2D eigenvalue weighted by Crippen LogP contribution is -2.36. The summed E-state index contributed by atoms with van der Waals surface area (Å²) in [6, 6.07) is 0.